The van der Waals surface area contributed by atoms with E-state index in [-0.39, 0.29) is 28.6 Å². The van der Waals surface area contributed by atoms with Gasteiger partial charge in [0.1, 0.15) is 12.4 Å². The van der Waals surface area contributed by atoms with Crippen LogP contribution in [0.4, 0.5) is 0 Å². The number of nitrogens with zero attached hydrogens (tertiary/aromatic N) is 3. The zero-order valence-electron chi connectivity index (χ0n) is 14.9. The van der Waals surface area contributed by atoms with Gasteiger partial charge >= 0.3 is 0 Å². The Morgan fingerprint density at radius 2 is 1.81 bits per heavy atom. The molecule has 0 spiro atoms. The summed E-state index contributed by atoms with van der Waals surface area (Å²) in [7, 11) is -0.936. The number of ether oxygens (including phenoxy) is 1. The summed E-state index contributed by atoms with van der Waals surface area (Å²) in [5.74, 6) is -0.324. The fourth-order valence-corrected chi connectivity index (χ4v) is 3.84. The highest BCUT2D eigenvalue weighted by Crippen LogP contribution is 2.20. The summed E-state index contributed by atoms with van der Waals surface area (Å²) in [5, 5.41) is -0.266. The normalized spacial score (nSPS) is 21.4. The average Bonchev–Trinajstić information content (AvgIpc) is 3.32. The van der Waals surface area contributed by atoms with Gasteiger partial charge in [0.15, 0.2) is 0 Å². The number of carbonyl (C=O) groups excluding carboxylic acids is 2. The summed E-state index contributed by atoms with van der Waals surface area (Å²) in [6, 6.07) is 1.24. The highest BCUT2D eigenvalue weighted by molar-refractivity contribution is 7.88. The second-order valence-electron chi connectivity index (χ2n) is 6.56. The molecule has 0 N–H and O–H groups in total. The van der Waals surface area contributed by atoms with Crippen LogP contribution in [0.5, 0.6) is 0 Å². The van der Waals surface area contributed by atoms with Crippen molar-refractivity contribution in [3.05, 3.63) is 17.9 Å². The monoisotopic (exact) mass is 385 g/mol. The van der Waals surface area contributed by atoms with E-state index >= 15 is 0 Å². The first-order chi connectivity index (χ1) is 12.3. The molecule has 0 saturated carbocycles. The van der Waals surface area contributed by atoms with E-state index in [0.29, 0.717) is 32.8 Å². The lowest BCUT2D eigenvalue weighted by Gasteiger charge is -2.35. The quantitative estimate of drug-likeness (QED) is 0.723. The van der Waals surface area contributed by atoms with Gasteiger partial charge in [0.2, 0.25) is 5.09 Å². The van der Waals surface area contributed by atoms with Crippen LogP contribution in [-0.4, -0.2) is 87.3 Å². The minimum Gasteiger partial charge on any atom is -0.451 e. The summed E-state index contributed by atoms with van der Waals surface area (Å²) in [4.78, 5) is 28.2. The zero-order chi connectivity index (χ0) is 18.9. The van der Waals surface area contributed by atoms with Crippen LogP contribution >= 0.6 is 0 Å². The lowest BCUT2D eigenvalue weighted by molar-refractivity contribution is -0.142. The van der Waals surface area contributed by atoms with Gasteiger partial charge in [-0.1, -0.05) is 0 Å². The summed E-state index contributed by atoms with van der Waals surface area (Å²) in [6.07, 6.45) is 2.44. The van der Waals surface area contributed by atoms with Gasteiger partial charge < -0.3 is 19.0 Å². The molecule has 2 aliphatic rings. The molecular weight excluding hydrogens is 362 g/mol. The van der Waals surface area contributed by atoms with Gasteiger partial charge in [-0.2, -0.15) is 0 Å². The predicted molar refractivity (Wildman–Crippen MR) is 91.0 cm³/mol. The molecule has 1 aromatic heterocycles. The first kappa shape index (κ1) is 18.9. The largest absolute Gasteiger partial charge is 0.451 e. The average molecular weight is 385 g/mol. The summed E-state index contributed by atoms with van der Waals surface area (Å²) in [6.45, 7) is 2.26. The molecule has 144 valence electrons. The van der Waals surface area contributed by atoms with Gasteiger partial charge in [0.05, 0.1) is 5.56 Å². The molecule has 2 aliphatic heterocycles. The maximum absolute atomic E-state index is 12.6. The molecule has 0 bridgehead atoms. The van der Waals surface area contributed by atoms with E-state index < -0.39 is 10.0 Å². The molecule has 0 aromatic carbocycles. The molecule has 1 atom stereocenters. The Morgan fingerprint density at radius 1 is 1.15 bits per heavy atom. The predicted octanol–water partition coefficient (Wildman–Crippen LogP) is -0.00670. The van der Waals surface area contributed by atoms with Crippen molar-refractivity contribution in [2.45, 2.75) is 24.0 Å². The SMILES string of the molecule is CN(C)S(=O)(=O)c1cc(C(=O)N2CCN(C(=O)C3CCCO3)CC2)co1. The highest BCUT2D eigenvalue weighted by Gasteiger charge is 2.32. The first-order valence-corrected chi connectivity index (χ1v) is 9.95. The van der Waals surface area contributed by atoms with Crippen molar-refractivity contribution in [3.63, 3.8) is 0 Å². The smallest absolute Gasteiger partial charge is 0.275 e. The van der Waals surface area contributed by atoms with Crippen molar-refractivity contribution in [3.8, 4) is 0 Å². The molecular formula is C16H23N3O6S. The Labute approximate surface area is 152 Å². The molecule has 3 heterocycles. The van der Waals surface area contributed by atoms with Crippen molar-refractivity contribution in [1.82, 2.24) is 14.1 Å². The Balaban J connectivity index is 1.60. The third kappa shape index (κ3) is 3.62. The number of furan rings is 1. The Kier molecular flexibility index (Phi) is 5.35. The van der Waals surface area contributed by atoms with Gasteiger partial charge in [0.25, 0.3) is 21.8 Å². The molecule has 2 fully saturated rings. The van der Waals surface area contributed by atoms with Crippen LogP contribution < -0.4 is 0 Å². The summed E-state index contributed by atoms with van der Waals surface area (Å²) < 4.78 is 35.6. The van der Waals surface area contributed by atoms with E-state index in [2.05, 4.69) is 0 Å². The van der Waals surface area contributed by atoms with Crippen LogP contribution in [0.15, 0.2) is 21.8 Å². The second-order valence-corrected chi connectivity index (χ2v) is 8.64. The zero-order valence-corrected chi connectivity index (χ0v) is 15.7. The van der Waals surface area contributed by atoms with Crippen molar-refractivity contribution < 1.29 is 27.2 Å². The Hall–Kier alpha value is -1.91. The van der Waals surface area contributed by atoms with Crippen molar-refractivity contribution >= 4 is 21.8 Å². The molecule has 0 radical (unpaired) electrons. The van der Waals surface area contributed by atoms with Crippen LogP contribution in [0, 0.1) is 0 Å². The maximum Gasteiger partial charge on any atom is 0.275 e. The summed E-state index contributed by atoms with van der Waals surface area (Å²) >= 11 is 0. The number of amides is 2. The van der Waals surface area contributed by atoms with E-state index in [1.807, 2.05) is 0 Å². The molecule has 1 aromatic rings. The number of rotatable bonds is 4. The lowest BCUT2D eigenvalue weighted by atomic mass is 10.2. The fraction of sp³-hybridized carbons (Fsp3) is 0.625. The number of hydrogen-bond acceptors (Lipinski definition) is 6. The van der Waals surface area contributed by atoms with Gasteiger partial charge in [-0.05, 0) is 12.8 Å². The van der Waals surface area contributed by atoms with Crippen LogP contribution in [-0.2, 0) is 19.6 Å². The number of sulfonamides is 1. The maximum atomic E-state index is 12.6. The lowest BCUT2D eigenvalue weighted by Crippen LogP contribution is -2.52. The van der Waals surface area contributed by atoms with Crippen molar-refractivity contribution in [1.29, 1.82) is 0 Å². The minimum atomic E-state index is -3.72. The third-order valence-corrected chi connectivity index (χ3v) is 6.32. The first-order valence-electron chi connectivity index (χ1n) is 8.51. The van der Waals surface area contributed by atoms with E-state index in [1.165, 1.54) is 20.2 Å². The fourth-order valence-electron chi connectivity index (χ4n) is 3.03. The van der Waals surface area contributed by atoms with Gasteiger partial charge in [-0.15, -0.1) is 0 Å². The van der Waals surface area contributed by atoms with Crippen molar-refractivity contribution in [2.24, 2.45) is 0 Å². The Morgan fingerprint density at radius 3 is 2.38 bits per heavy atom. The van der Waals surface area contributed by atoms with E-state index in [4.69, 9.17) is 9.15 Å². The minimum absolute atomic E-state index is 0.0164. The van der Waals surface area contributed by atoms with E-state index in [0.717, 1.165) is 23.4 Å². The van der Waals surface area contributed by atoms with Crippen LogP contribution in [0.25, 0.3) is 0 Å². The molecule has 0 aliphatic carbocycles. The molecule has 3 rings (SSSR count). The topological polar surface area (TPSA) is 100 Å². The van der Waals surface area contributed by atoms with Gasteiger partial charge in [-0.25, -0.2) is 12.7 Å². The van der Waals surface area contributed by atoms with Crippen molar-refractivity contribution in [2.75, 3.05) is 46.9 Å². The standard InChI is InChI=1S/C16H23N3O6S/c1-17(2)26(22,23)14-10-12(11-25-14)15(20)18-5-7-19(8-6-18)16(21)13-4-3-9-24-13/h10-11,13H,3-9H2,1-2H3. The van der Waals surface area contributed by atoms with E-state index in [1.54, 1.807) is 9.80 Å². The van der Waals surface area contributed by atoms with Crippen LogP contribution in [0.3, 0.4) is 0 Å². The number of carbonyl (C=O) groups is 2. The molecule has 9 nitrogen and oxygen atoms in total. The Bertz CT molecular complexity index is 774. The molecule has 10 heteroatoms. The highest BCUT2D eigenvalue weighted by atomic mass is 32.2. The molecule has 2 amide bonds. The number of hydrogen-bond donors (Lipinski definition) is 0. The van der Waals surface area contributed by atoms with Gasteiger partial charge in [0, 0.05) is 52.9 Å². The summed E-state index contributed by atoms with van der Waals surface area (Å²) in [5.41, 5.74) is 0.185. The number of piperazine rings is 1. The molecule has 2 saturated heterocycles. The molecule has 1 unspecified atom stereocenters. The third-order valence-electron chi connectivity index (χ3n) is 4.64. The van der Waals surface area contributed by atoms with Gasteiger partial charge in [-0.3, -0.25) is 9.59 Å². The van der Waals surface area contributed by atoms with E-state index in [9.17, 15) is 18.0 Å². The molecule has 26 heavy (non-hydrogen) atoms. The van der Waals surface area contributed by atoms with Crippen LogP contribution in [0.2, 0.25) is 0 Å². The van der Waals surface area contributed by atoms with Crippen LogP contribution in [0.1, 0.15) is 23.2 Å². The second kappa shape index (κ2) is 7.37.